The van der Waals surface area contributed by atoms with Gasteiger partial charge in [0.15, 0.2) is 11.5 Å². The van der Waals surface area contributed by atoms with Crippen molar-refractivity contribution in [3.05, 3.63) is 63.5 Å². The second-order valence-corrected chi connectivity index (χ2v) is 10.3. The highest BCUT2D eigenvalue weighted by Gasteiger charge is 2.42. The summed E-state index contributed by atoms with van der Waals surface area (Å²) in [5.41, 5.74) is 1.90. The highest BCUT2D eigenvalue weighted by atomic mass is 35.5. The van der Waals surface area contributed by atoms with Gasteiger partial charge in [0, 0.05) is 35.8 Å². The number of carbonyl (C=O) groups excluding carboxylic acids is 2. The smallest absolute Gasteiger partial charge is 0.260 e. The summed E-state index contributed by atoms with van der Waals surface area (Å²) in [5, 5.41) is 3.99. The maximum Gasteiger partial charge on any atom is 0.260 e. The number of carbonyl (C=O) groups is 2. The molecule has 3 unspecified atom stereocenters. The Balaban J connectivity index is 1.40. The Morgan fingerprint density at radius 2 is 1.88 bits per heavy atom. The quantitative estimate of drug-likeness (QED) is 0.579. The fourth-order valence-electron chi connectivity index (χ4n) is 4.57. The zero-order valence-corrected chi connectivity index (χ0v) is 21.1. The van der Waals surface area contributed by atoms with E-state index < -0.39 is 0 Å². The third-order valence-corrected chi connectivity index (χ3v) is 8.17. The summed E-state index contributed by atoms with van der Waals surface area (Å²) in [6.45, 7) is 0.475. The average Bonchev–Trinajstić information content (AvgIpc) is 2.86. The number of ether oxygens (including phenoxy) is 2. The van der Waals surface area contributed by atoms with Gasteiger partial charge in [0.1, 0.15) is 0 Å². The number of likely N-dealkylation sites (N-methyl/N-ethyl adjacent to an activating group) is 1. The summed E-state index contributed by atoms with van der Waals surface area (Å²) in [6, 6.07) is 13.1. The first-order valence-electron chi connectivity index (χ1n) is 11.3. The summed E-state index contributed by atoms with van der Waals surface area (Å²) in [7, 11) is 5.04. The lowest BCUT2D eigenvalue weighted by atomic mass is 9.83. The molecule has 8 heteroatoms. The monoisotopic (exact) mass is 500 g/mol. The van der Waals surface area contributed by atoms with Gasteiger partial charge < -0.3 is 19.7 Å². The summed E-state index contributed by atoms with van der Waals surface area (Å²) in [4.78, 5) is 28.5. The summed E-state index contributed by atoms with van der Waals surface area (Å²) < 4.78 is 10.7. The highest BCUT2D eigenvalue weighted by Crippen LogP contribution is 2.43. The zero-order chi connectivity index (χ0) is 24.2. The molecule has 1 aliphatic carbocycles. The minimum absolute atomic E-state index is 0.0109. The van der Waals surface area contributed by atoms with Crippen molar-refractivity contribution in [1.82, 2.24) is 10.2 Å². The molecule has 34 heavy (non-hydrogen) atoms. The highest BCUT2D eigenvalue weighted by molar-refractivity contribution is 8.04. The van der Waals surface area contributed by atoms with Crippen LogP contribution in [0.25, 0.3) is 6.08 Å². The van der Waals surface area contributed by atoms with Crippen LogP contribution in [-0.2, 0) is 16.1 Å². The standard InChI is InChI=1S/C26H29ClN2O4S/c1-29-20-14-18(25(30)28-15-16-4-8-19(27)9-5-16)7-11-23(20)34-24(26(29)31)13-17-6-10-21(32-2)22(12-17)33-3/h4-6,8-10,12-13,18,20,23H,7,11,14-15H2,1-3H3,(H,28,30)/b24-13-. The predicted molar refractivity (Wildman–Crippen MR) is 136 cm³/mol. The van der Waals surface area contributed by atoms with E-state index in [1.54, 1.807) is 26.0 Å². The Morgan fingerprint density at radius 3 is 2.59 bits per heavy atom. The molecule has 2 amide bonds. The molecule has 0 spiro atoms. The van der Waals surface area contributed by atoms with Crippen LogP contribution >= 0.6 is 23.4 Å². The minimum Gasteiger partial charge on any atom is -0.493 e. The van der Waals surface area contributed by atoms with Gasteiger partial charge in [-0.05, 0) is 60.7 Å². The van der Waals surface area contributed by atoms with Crippen molar-refractivity contribution in [2.45, 2.75) is 37.1 Å². The number of nitrogens with zero attached hydrogens (tertiary/aromatic N) is 1. The SMILES string of the molecule is COc1ccc(/C=C2\SC3CCC(C(=O)NCc4ccc(Cl)cc4)CC3N(C)C2=O)cc1OC. The molecular formula is C26H29ClN2O4S. The van der Waals surface area contributed by atoms with Gasteiger partial charge in [-0.2, -0.15) is 0 Å². The van der Waals surface area contributed by atoms with Crippen LogP contribution in [0.5, 0.6) is 11.5 Å². The van der Waals surface area contributed by atoms with Gasteiger partial charge in [-0.1, -0.05) is 29.8 Å². The molecule has 0 radical (unpaired) electrons. The van der Waals surface area contributed by atoms with Crippen molar-refractivity contribution >= 4 is 41.3 Å². The van der Waals surface area contributed by atoms with Gasteiger partial charge in [-0.3, -0.25) is 9.59 Å². The molecule has 4 rings (SSSR count). The number of rotatable bonds is 6. The molecule has 1 heterocycles. The van der Waals surface area contributed by atoms with E-state index >= 15 is 0 Å². The number of hydrogen-bond donors (Lipinski definition) is 1. The van der Waals surface area contributed by atoms with Crippen LogP contribution in [0.15, 0.2) is 47.4 Å². The average molecular weight is 501 g/mol. The molecule has 180 valence electrons. The van der Waals surface area contributed by atoms with Gasteiger partial charge in [0.2, 0.25) is 5.91 Å². The van der Waals surface area contributed by atoms with Crippen molar-refractivity contribution < 1.29 is 19.1 Å². The summed E-state index contributed by atoms with van der Waals surface area (Å²) in [6.07, 6.45) is 4.28. The molecule has 6 nitrogen and oxygen atoms in total. The first kappa shape index (κ1) is 24.5. The Labute approximate surface area is 209 Å². The lowest BCUT2D eigenvalue weighted by molar-refractivity contribution is -0.132. The van der Waals surface area contributed by atoms with Gasteiger partial charge in [-0.15, -0.1) is 11.8 Å². The fourth-order valence-corrected chi connectivity index (χ4v) is 6.17. The molecular weight excluding hydrogens is 472 g/mol. The molecule has 0 bridgehead atoms. The van der Waals surface area contributed by atoms with Gasteiger partial charge in [-0.25, -0.2) is 0 Å². The number of hydrogen-bond acceptors (Lipinski definition) is 5. The first-order chi connectivity index (χ1) is 16.4. The van der Waals surface area contributed by atoms with Gasteiger partial charge in [0.05, 0.1) is 19.1 Å². The molecule has 2 aliphatic rings. The lowest BCUT2D eigenvalue weighted by Crippen LogP contribution is -2.52. The third kappa shape index (κ3) is 5.36. The fraction of sp³-hybridized carbons (Fsp3) is 0.385. The number of fused-ring (bicyclic) bond motifs is 1. The van der Waals surface area contributed by atoms with Crippen molar-refractivity contribution in [2.75, 3.05) is 21.3 Å². The summed E-state index contributed by atoms with van der Waals surface area (Å²) in [5.74, 6) is 1.22. The molecule has 2 fully saturated rings. The van der Waals surface area contributed by atoms with E-state index in [1.165, 1.54) is 0 Å². The van der Waals surface area contributed by atoms with Crippen LogP contribution in [0.1, 0.15) is 30.4 Å². The number of nitrogens with one attached hydrogen (secondary N) is 1. The predicted octanol–water partition coefficient (Wildman–Crippen LogP) is 4.76. The molecule has 1 saturated carbocycles. The molecule has 2 aromatic carbocycles. The van der Waals surface area contributed by atoms with E-state index in [9.17, 15) is 9.59 Å². The van der Waals surface area contributed by atoms with E-state index in [1.807, 2.05) is 60.5 Å². The molecule has 1 N–H and O–H groups in total. The van der Waals surface area contributed by atoms with E-state index in [-0.39, 0.29) is 29.0 Å². The Bertz CT molecular complexity index is 1090. The van der Waals surface area contributed by atoms with Crippen molar-refractivity contribution in [2.24, 2.45) is 5.92 Å². The Kier molecular flexibility index (Phi) is 7.73. The summed E-state index contributed by atoms with van der Waals surface area (Å²) >= 11 is 7.56. The molecule has 2 aromatic rings. The first-order valence-corrected chi connectivity index (χ1v) is 12.5. The maximum absolute atomic E-state index is 13.1. The van der Waals surface area contributed by atoms with E-state index in [2.05, 4.69) is 5.32 Å². The number of methoxy groups -OCH3 is 2. The van der Waals surface area contributed by atoms with Gasteiger partial charge in [0.25, 0.3) is 5.91 Å². The van der Waals surface area contributed by atoms with Crippen LogP contribution in [0.3, 0.4) is 0 Å². The molecule has 1 aliphatic heterocycles. The van der Waals surface area contributed by atoms with Crippen molar-refractivity contribution in [1.29, 1.82) is 0 Å². The molecule has 1 saturated heterocycles. The minimum atomic E-state index is -0.0965. The van der Waals surface area contributed by atoms with Crippen LogP contribution in [-0.4, -0.2) is 49.3 Å². The number of thioether (sulfide) groups is 1. The maximum atomic E-state index is 13.1. The number of halogens is 1. The van der Waals surface area contributed by atoms with E-state index in [0.29, 0.717) is 34.4 Å². The molecule has 3 atom stereocenters. The van der Waals surface area contributed by atoms with Crippen LogP contribution in [0, 0.1) is 5.92 Å². The second-order valence-electron chi connectivity index (χ2n) is 8.62. The van der Waals surface area contributed by atoms with Gasteiger partial charge >= 0.3 is 0 Å². The van der Waals surface area contributed by atoms with Crippen LogP contribution in [0.2, 0.25) is 5.02 Å². The Morgan fingerprint density at radius 1 is 1.15 bits per heavy atom. The van der Waals surface area contributed by atoms with Crippen LogP contribution < -0.4 is 14.8 Å². The topological polar surface area (TPSA) is 67.9 Å². The largest absolute Gasteiger partial charge is 0.493 e. The Hall–Kier alpha value is -2.64. The van der Waals surface area contributed by atoms with E-state index in [0.717, 1.165) is 24.0 Å². The normalized spacial score (nSPS) is 23.4. The number of benzene rings is 2. The third-order valence-electron chi connectivity index (χ3n) is 6.52. The number of amides is 2. The van der Waals surface area contributed by atoms with Crippen molar-refractivity contribution in [3.63, 3.8) is 0 Å². The molecule has 0 aromatic heterocycles. The van der Waals surface area contributed by atoms with Crippen molar-refractivity contribution in [3.8, 4) is 11.5 Å². The second kappa shape index (κ2) is 10.7. The lowest BCUT2D eigenvalue weighted by Gasteiger charge is -2.44. The zero-order valence-electron chi connectivity index (χ0n) is 19.5. The van der Waals surface area contributed by atoms with E-state index in [4.69, 9.17) is 21.1 Å². The van der Waals surface area contributed by atoms with Crippen LogP contribution in [0.4, 0.5) is 0 Å².